The number of hydrogen-bond acceptors (Lipinski definition) is 6. The fourth-order valence-electron chi connectivity index (χ4n) is 2.78. The fourth-order valence-corrected chi connectivity index (χ4v) is 4.74. The first-order valence-electron chi connectivity index (χ1n) is 9.71. The first-order chi connectivity index (χ1) is 14.4. The topological polar surface area (TPSA) is 110 Å². The van der Waals surface area contributed by atoms with Crippen LogP contribution in [0.15, 0.2) is 58.3 Å². The van der Waals surface area contributed by atoms with Crippen LogP contribution in [0.25, 0.3) is 0 Å². The molecule has 2 aromatic rings. The minimum absolute atomic E-state index is 0.0366. The van der Waals surface area contributed by atoms with Gasteiger partial charge in [0, 0.05) is 31.5 Å². The van der Waals surface area contributed by atoms with Gasteiger partial charge in [-0.15, -0.1) is 0 Å². The molecule has 31 heavy (non-hydrogen) atoms. The monoisotopic (exact) mass is 468 g/mol. The molecular formula is C21H28N2O6S2. The van der Waals surface area contributed by atoms with E-state index in [9.17, 15) is 21.6 Å². The first-order valence-corrected chi connectivity index (χ1v) is 13.1. The van der Waals surface area contributed by atoms with Crippen LogP contribution in [0, 0.1) is 0 Å². The van der Waals surface area contributed by atoms with Crippen molar-refractivity contribution in [3.8, 4) is 5.75 Å². The molecule has 0 atom stereocenters. The summed E-state index contributed by atoms with van der Waals surface area (Å²) in [5.74, 6) is 0.133. The zero-order valence-electron chi connectivity index (χ0n) is 18.0. The van der Waals surface area contributed by atoms with Crippen LogP contribution >= 0.6 is 0 Å². The number of sulfonamides is 1. The molecule has 0 heterocycles. The Balaban J connectivity index is 1.94. The summed E-state index contributed by atoms with van der Waals surface area (Å²) in [6.07, 6.45) is 1.64. The number of rotatable bonds is 10. The zero-order valence-corrected chi connectivity index (χ0v) is 19.7. The molecule has 0 radical (unpaired) electrons. The van der Waals surface area contributed by atoms with E-state index in [-0.39, 0.29) is 33.9 Å². The predicted octanol–water partition coefficient (Wildman–Crippen LogP) is 2.32. The van der Waals surface area contributed by atoms with E-state index in [0.717, 1.165) is 6.26 Å². The van der Waals surface area contributed by atoms with Gasteiger partial charge in [0.2, 0.25) is 10.0 Å². The molecule has 0 aliphatic heterocycles. The summed E-state index contributed by atoms with van der Waals surface area (Å²) in [5.41, 5.74) is 0.274. The summed E-state index contributed by atoms with van der Waals surface area (Å²) in [4.78, 5) is 14.4. The van der Waals surface area contributed by atoms with Crippen LogP contribution in [0.3, 0.4) is 0 Å². The minimum Gasteiger partial charge on any atom is -0.493 e. The Bertz CT molecular complexity index is 1130. The lowest BCUT2D eigenvalue weighted by atomic mass is 10.2. The third-order valence-corrected chi connectivity index (χ3v) is 7.04. The van der Waals surface area contributed by atoms with Crippen LogP contribution in [0.1, 0.15) is 30.6 Å². The molecule has 2 rings (SSSR count). The maximum Gasteiger partial charge on any atom is 0.253 e. The van der Waals surface area contributed by atoms with Crippen molar-refractivity contribution in [2.24, 2.45) is 0 Å². The molecule has 0 unspecified atom stereocenters. The normalized spacial score (nSPS) is 12.0. The molecular weight excluding hydrogens is 440 g/mol. The average Bonchev–Trinajstić information content (AvgIpc) is 2.69. The SMILES string of the molecule is CC(C)NS(=O)(=O)c1cccc(C(=O)N(C)CCCOc2cccc(S(C)(=O)=O)c2)c1. The number of sulfone groups is 1. The van der Waals surface area contributed by atoms with Crippen molar-refractivity contribution in [3.05, 3.63) is 54.1 Å². The van der Waals surface area contributed by atoms with Crippen LogP contribution in [0.4, 0.5) is 0 Å². The number of carbonyl (C=O) groups excluding carboxylic acids is 1. The Labute approximate surface area is 184 Å². The van der Waals surface area contributed by atoms with Gasteiger partial charge in [0.05, 0.1) is 16.4 Å². The highest BCUT2D eigenvalue weighted by Gasteiger charge is 2.18. The van der Waals surface area contributed by atoms with Crippen LogP contribution in [0.2, 0.25) is 0 Å². The molecule has 1 N–H and O–H groups in total. The molecule has 170 valence electrons. The average molecular weight is 469 g/mol. The van der Waals surface area contributed by atoms with E-state index >= 15 is 0 Å². The molecule has 0 aliphatic carbocycles. The Hall–Kier alpha value is -2.43. The number of nitrogens with one attached hydrogen (secondary N) is 1. The summed E-state index contributed by atoms with van der Waals surface area (Å²) in [5, 5.41) is 0. The second-order valence-corrected chi connectivity index (χ2v) is 11.2. The molecule has 0 saturated carbocycles. The van der Waals surface area contributed by atoms with Gasteiger partial charge in [-0.2, -0.15) is 0 Å². The van der Waals surface area contributed by atoms with Crippen molar-refractivity contribution in [2.45, 2.75) is 36.1 Å². The third-order valence-electron chi connectivity index (χ3n) is 4.27. The van der Waals surface area contributed by atoms with Crippen LogP contribution in [0.5, 0.6) is 5.75 Å². The second-order valence-electron chi connectivity index (χ2n) is 7.48. The number of amides is 1. The van der Waals surface area contributed by atoms with Crippen molar-refractivity contribution in [1.82, 2.24) is 9.62 Å². The molecule has 0 bridgehead atoms. The van der Waals surface area contributed by atoms with Crippen LogP contribution < -0.4 is 9.46 Å². The standard InChI is InChI=1S/C21H28N2O6S2/c1-16(2)22-31(27,28)20-11-5-8-17(14-20)21(24)23(3)12-7-13-29-18-9-6-10-19(15-18)30(4,25)26/h5-6,8-11,14-16,22H,7,12-13H2,1-4H3. The quantitative estimate of drug-likeness (QED) is 0.536. The maximum atomic E-state index is 12.7. The zero-order chi connectivity index (χ0) is 23.2. The van der Waals surface area contributed by atoms with E-state index in [1.165, 1.54) is 35.2 Å². The molecule has 1 amide bonds. The van der Waals surface area contributed by atoms with Gasteiger partial charge in [0.25, 0.3) is 5.91 Å². The molecule has 8 nitrogen and oxygen atoms in total. The molecule has 0 saturated heterocycles. The molecule has 2 aromatic carbocycles. The van der Waals surface area contributed by atoms with Gasteiger partial charge in [-0.25, -0.2) is 21.6 Å². The maximum absolute atomic E-state index is 12.7. The Morgan fingerprint density at radius 3 is 2.32 bits per heavy atom. The van der Waals surface area contributed by atoms with Crippen molar-refractivity contribution in [2.75, 3.05) is 26.5 Å². The van der Waals surface area contributed by atoms with Gasteiger partial charge in [0.1, 0.15) is 5.75 Å². The molecule has 0 fully saturated rings. The van der Waals surface area contributed by atoms with Crippen molar-refractivity contribution < 1.29 is 26.4 Å². The highest BCUT2D eigenvalue weighted by molar-refractivity contribution is 7.90. The number of carbonyl (C=O) groups is 1. The van der Waals surface area contributed by atoms with Gasteiger partial charge in [-0.3, -0.25) is 4.79 Å². The molecule has 0 aromatic heterocycles. The van der Waals surface area contributed by atoms with Crippen molar-refractivity contribution >= 4 is 25.8 Å². The van der Waals surface area contributed by atoms with Crippen LogP contribution in [-0.4, -0.2) is 60.1 Å². The minimum atomic E-state index is -3.69. The highest BCUT2D eigenvalue weighted by Crippen LogP contribution is 2.18. The summed E-state index contributed by atoms with van der Waals surface area (Å²) in [6, 6.07) is 11.9. The Morgan fingerprint density at radius 1 is 1.03 bits per heavy atom. The third kappa shape index (κ3) is 7.34. The number of nitrogens with zero attached hydrogens (tertiary/aromatic N) is 1. The highest BCUT2D eigenvalue weighted by atomic mass is 32.2. The summed E-state index contributed by atoms with van der Waals surface area (Å²) in [6.45, 7) is 4.11. The van der Waals surface area contributed by atoms with Gasteiger partial charge in [0.15, 0.2) is 9.84 Å². The lowest BCUT2D eigenvalue weighted by Crippen LogP contribution is -2.31. The predicted molar refractivity (Wildman–Crippen MR) is 119 cm³/mol. The van der Waals surface area contributed by atoms with E-state index in [1.807, 2.05) is 0 Å². The van der Waals surface area contributed by atoms with Gasteiger partial charge in [-0.1, -0.05) is 12.1 Å². The summed E-state index contributed by atoms with van der Waals surface area (Å²) < 4.78 is 56.0. The van der Waals surface area contributed by atoms with Crippen LogP contribution in [-0.2, 0) is 19.9 Å². The number of ether oxygens (including phenoxy) is 1. The van der Waals surface area contributed by atoms with Crippen molar-refractivity contribution in [1.29, 1.82) is 0 Å². The van der Waals surface area contributed by atoms with Gasteiger partial charge >= 0.3 is 0 Å². The van der Waals surface area contributed by atoms with E-state index in [1.54, 1.807) is 39.1 Å². The number of benzene rings is 2. The number of hydrogen-bond donors (Lipinski definition) is 1. The van der Waals surface area contributed by atoms with E-state index in [0.29, 0.717) is 18.7 Å². The smallest absolute Gasteiger partial charge is 0.253 e. The second kappa shape index (κ2) is 10.3. The van der Waals surface area contributed by atoms with E-state index in [4.69, 9.17) is 4.74 Å². The Kier molecular flexibility index (Phi) is 8.21. The van der Waals surface area contributed by atoms with Crippen molar-refractivity contribution in [3.63, 3.8) is 0 Å². The van der Waals surface area contributed by atoms with Gasteiger partial charge in [-0.05, 0) is 56.7 Å². The van der Waals surface area contributed by atoms with E-state index < -0.39 is 19.9 Å². The van der Waals surface area contributed by atoms with E-state index in [2.05, 4.69) is 4.72 Å². The fraction of sp³-hybridized carbons (Fsp3) is 0.381. The largest absolute Gasteiger partial charge is 0.493 e. The van der Waals surface area contributed by atoms with Gasteiger partial charge < -0.3 is 9.64 Å². The summed E-state index contributed by atoms with van der Waals surface area (Å²) in [7, 11) is -5.38. The molecule has 0 spiro atoms. The lowest BCUT2D eigenvalue weighted by molar-refractivity contribution is 0.0787. The first kappa shape index (κ1) is 24.8. The Morgan fingerprint density at radius 2 is 1.68 bits per heavy atom. The lowest BCUT2D eigenvalue weighted by Gasteiger charge is -2.18. The summed E-state index contributed by atoms with van der Waals surface area (Å²) >= 11 is 0. The molecule has 10 heteroatoms. The molecule has 0 aliphatic rings.